The maximum Gasteiger partial charge on any atom is 0.414 e. The van der Waals surface area contributed by atoms with Crippen LogP contribution in [0.4, 0.5) is 5.69 Å². The molecule has 0 aromatic heterocycles. The zero-order valence-corrected chi connectivity index (χ0v) is 22.9. The summed E-state index contributed by atoms with van der Waals surface area (Å²) in [4.78, 5) is 57.5. The van der Waals surface area contributed by atoms with E-state index >= 15 is 0 Å². The highest BCUT2D eigenvalue weighted by Crippen LogP contribution is 2.28. The van der Waals surface area contributed by atoms with Crippen LogP contribution in [0.1, 0.15) is 21.5 Å². The van der Waals surface area contributed by atoms with Crippen molar-refractivity contribution in [1.29, 1.82) is 0 Å². The Bertz CT molecular complexity index is 1360. The molecule has 0 heterocycles. The summed E-state index contributed by atoms with van der Waals surface area (Å²) in [6.45, 7) is 0.530. The van der Waals surface area contributed by atoms with Gasteiger partial charge in [0.1, 0.15) is 0 Å². The number of ketones is 1. The number of carbonyl (C=O) groups is 5. The first-order chi connectivity index (χ1) is 19.0. The van der Waals surface area contributed by atoms with E-state index in [-0.39, 0.29) is 36.3 Å². The van der Waals surface area contributed by atoms with Crippen LogP contribution in [0.2, 0.25) is 10.0 Å². The number of carboxylic acid groups (broad SMARTS) is 2. The number of rotatable bonds is 10. The van der Waals surface area contributed by atoms with Crippen molar-refractivity contribution in [2.75, 3.05) is 31.6 Å². The smallest absolute Gasteiger partial charge is 0.414 e. The van der Waals surface area contributed by atoms with Gasteiger partial charge in [-0.15, -0.1) is 0 Å². The highest BCUT2D eigenvalue weighted by Gasteiger charge is 2.22. The van der Waals surface area contributed by atoms with E-state index in [1.54, 1.807) is 43.4 Å². The van der Waals surface area contributed by atoms with Crippen molar-refractivity contribution in [2.24, 2.45) is 0 Å². The molecule has 0 bridgehead atoms. The second kappa shape index (κ2) is 16.0. The lowest BCUT2D eigenvalue weighted by Gasteiger charge is -2.21. The average Bonchev–Trinajstić information content (AvgIpc) is 2.94. The number of carboxylic acids is 2. The average molecular weight is 588 g/mol. The molecular formula is C28H27Cl2N3O7. The van der Waals surface area contributed by atoms with Gasteiger partial charge in [-0.1, -0.05) is 65.7 Å². The van der Waals surface area contributed by atoms with E-state index in [4.69, 9.17) is 43.0 Å². The standard InChI is InChI=1S/C26H25Cl2N3O3.C2H2O4/c1-31(25(33)17-30-24(32)16-29-14-13-18-7-3-2-4-8-18)23-12-11-19(27)15-21(23)26(34)20-9-5-6-10-22(20)28;3-1(4)2(5)6/h2-12,15,29H,13-14,16-17H2,1H3,(H,30,32);(H,3,4)(H,5,6). The van der Waals surface area contributed by atoms with E-state index in [9.17, 15) is 14.4 Å². The van der Waals surface area contributed by atoms with Gasteiger partial charge >= 0.3 is 11.9 Å². The zero-order chi connectivity index (χ0) is 29.7. The molecule has 10 nitrogen and oxygen atoms in total. The molecule has 2 amide bonds. The molecule has 3 rings (SSSR count). The minimum atomic E-state index is -1.82. The number of likely N-dealkylation sites (N-methyl/N-ethyl adjacent to an activating group) is 1. The van der Waals surface area contributed by atoms with Crippen LogP contribution >= 0.6 is 23.2 Å². The van der Waals surface area contributed by atoms with Gasteiger partial charge in [-0.25, -0.2) is 9.59 Å². The molecule has 0 atom stereocenters. The van der Waals surface area contributed by atoms with Gasteiger partial charge in [0.25, 0.3) is 0 Å². The third kappa shape index (κ3) is 10.1. The molecule has 0 aliphatic carbocycles. The van der Waals surface area contributed by atoms with Gasteiger partial charge in [0.05, 0.1) is 23.8 Å². The molecule has 3 aromatic carbocycles. The molecule has 0 unspecified atom stereocenters. The van der Waals surface area contributed by atoms with Crippen molar-refractivity contribution >= 4 is 58.4 Å². The van der Waals surface area contributed by atoms with Crippen LogP contribution in [0, 0.1) is 0 Å². The Balaban J connectivity index is 0.000000840. The van der Waals surface area contributed by atoms with Gasteiger partial charge in [0.15, 0.2) is 5.78 Å². The van der Waals surface area contributed by atoms with E-state index in [1.807, 2.05) is 30.3 Å². The van der Waals surface area contributed by atoms with Gasteiger partial charge in [0.2, 0.25) is 11.8 Å². The molecule has 4 N–H and O–H groups in total. The lowest BCUT2D eigenvalue weighted by Crippen LogP contribution is -2.42. The molecule has 0 spiro atoms. The summed E-state index contributed by atoms with van der Waals surface area (Å²) in [5.74, 6) is -4.68. The van der Waals surface area contributed by atoms with Crippen molar-refractivity contribution in [1.82, 2.24) is 10.6 Å². The zero-order valence-electron chi connectivity index (χ0n) is 21.4. The Kier molecular flexibility index (Phi) is 12.8. The number of nitrogens with zero attached hydrogens (tertiary/aromatic N) is 1. The Morgan fingerprint density at radius 3 is 2.05 bits per heavy atom. The second-order valence-electron chi connectivity index (χ2n) is 8.22. The third-order valence-electron chi connectivity index (χ3n) is 5.40. The van der Waals surface area contributed by atoms with E-state index in [1.165, 1.54) is 16.5 Å². The first-order valence-electron chi connectivity index (χ1n) is 11.8. The van der Waals surface area contributed by atoms with Crippen molar-refractivity contribution < 1.29 is 34.2 Å². The Morgan fingerprint density at radius 1 is 0.800 bits per heavy atom. The molecule has 3 aromatic rings. The number of anilines is 1. The summed E-state index contributed by atoms with van der Waals surface area (Å²) in [5.41, 5.74) is 2.10. The molecule has 0 fully saturated rings. The fourth-order valence-corrected chi connectivity index (χ4v) is 3.74. The summed E-state index contributed by atoms with van der Waals surface area (Å²) in [6, 6.07) is 21.3. The largest absolute Gasteiger partial charge is 0.473 e. The van der Waals surface area contributed by atoms with Crippen LogP contribution in [0.15, 0.2) is 72.8 Å². The topological polar surface area (TPSA) is 153 Å². The lowest BCUT2D eigenvalue weighted by atomic mass is 10.0. The predicted molar refractivity (Wildman–Crippen MR) is 151 cm³/mol. The Morgan fingerprint density at radius 2 is 1.43 bits per heavy atom. The van der Waals surface area contributed by atoms with Crippen LogP contribution in [-0.4, -0.2) is 66.4 Å². The fraction of sp³-hybridized carbons (Fsp3) is 0.179. The van der Waals surface area contributed by atoms with E-state index < -0.39 is 11.9 Å². The maximum absolute atomic E-state index is 13.1. The number of benzene rings is 3. The van der Waals surface area contributed by atoms with Crippen molar-refractivity contribution in [3.05, 3.63) is 99.5 Å². The van der Waals surface area contributed by atoms with Crippen LogP contribution in [0.25, 0.3) is 0 Å². The third-order valence-corrected chi connectivity index (χ3v) is 5.96. The number of hydrogen-bond acceptors (Lipinski definition) is 6. The molecule has 0 radical (unpaired) electrons. The molecule has 210 valence electrons. The normalized spacial score (nSPS) is 10.1. The minimum Gasteiger partial charge on any atom is -0.473 e. The summed E-state index contributed by atoms with van der Waals surface area (Å²) in [7, 11) is 1.54. The highest BCUT2D eigenvalue weighted by atomic mass is 35.5. The summed E-state index contributed by atoms with van der Waals surface area (Å²) >= 11 is 12.3. The molecular weight excluding hydrogens is 561 g/mol. The monoisotopic (exact) mass is 587 g/mol. The van der Waals surface area contributed by atoms with Gasteiger partial charge in [-0.3, -0.25) is 14.4 Å². The molecule has 12 heteroatoms. The predicted octanol–water partition coefficient (Wildman–Crippen LogP) is 3.29. The van der Waals surface area contributed by atoms with Crippen molar-refractivity contribution in [3.8, 4) is 0 Å². The van der Waals surface area contributed by atoms with E-state index in [0.29, 0.717) is 27.8 Å². The first-order valence-corrected chi connectivity index (χ1v) is 12.6. The van der Waals surface area contributed by atoms with Crippen LogP contribution in [0.3, 0.4) is 0 Å². The Hall–Kier alpha value is -4.25. The first kappa shape index (κ1) is 32.0. The number of nitrogens with one attached hydrogen (secondary N) is 2. The second-order valence-corrected chi connectivity index (χ2v) is 9.07. The van der Waals surface area contributed by atoms with E-state index in [0.717, 1.165) is 6.42 Å². The molecule has 0 aliphatic heterocycles. The summed E-state index contributed by atoms with van der Waals surface area (Å²) in [5, 5.41) is 21.1. The van der Waals surface area contributed by atoms with Gasteiger partial charge < -0.3 is 25.7 Å². The van der Waals surface area contributed by atoms with E-state index in [2.05, 4.69) is 10.6 Å². The lowest BCUT2D eigenvalue weighted by molar-refractivity contribution is -0.159. The summed E-state index contributed by atoms with van der Waals surface area (Å²) in [6.07, 6.45) is 0.800. The SMILES string of the molecule is CN(C(=O)CNC(=O)CNCCc1ccccc1)c1ccc(Cl)cc1C(=O)c1ccccc1Cl.O=C(O)C(=O)O. The molecule has 0 saturated heterocycles. The quantitative estimate of drug-likeness (QED) is 0.160. The highest BCUT2D eigenvalue weighted by molar-refractivity contribution is 6.36. The number of carbonyl (C=O) groups excluding carboxylic acids is 3. The van der Waals surface area contributed by atoms with Crippen LogP contribution < -0.4 is 15.5 Å². The summed E-state index contributed by atoms with van der Waals surface area (Å²) < 4.78 is 0. The van der Waals surface area contributed by atoms with Gasteiger partial charge in [-0.2, -0.15) is 0 Å². The van der Waals surface area contributed by atoms with Gasteiger partial charge in [-0.05, 0) is 48.9 Å². The number of halogens is 2. The molecule has 0 aliphatic rings. The number of amides is 2. The van der Waals surface area contributed by atoms with Crippen LogP contribution in [0.5, 0.6) is 0 Å². The number of aliphatic carboxylic acids is 2. The van der Waals surface area contributed by atoms with Crippen molar-refractivity contribution in [3.63, 3.8) is 0 Å². The minimum absolute atomic E-state index is 0.0982. The Labute approximate surface area is 240 Å². The molecule has 40 heavy (non-hydrogen) atoms. The molecule has 0 saturated carbocycles. The number of hydrogen-bond donors (Lipinski definition) is 4. The van der Waals surface area contributed by atoms with Crippen LogP contribution in [-0.2, 0) is 25.6 Å². The fourth-order valence-electron chi connectivity index (χ4n) is 3.34. The maximum atomic E-state index is 13.1. The van der Waals surface area contributed by atoms with Gasteiger partial charge in [0, 0.05) is 23.2 Å². The van der Waals surface area contributed by atoms with Crippen molar-refractivity contribution in [2.45, 2.75) is 6.42 Å².